The summed E-state index contributed by atoms with van der Waals surface area (Å²) in [7, 11) is 1.51. The highest BCUT2D eigenvalue weighted by molar-refractivity contribution is 6.46. The summed E-state index contributed by atoms with van der Waals surface area (Å²) in [6.45, 7) is 0. The van der Waals surface area contributed by atoms with Crippen molar-refractivity contribution in [1.29, 1.82) is 0 Å². The highest BCUT2D eigenvalue weighted by Crippen LogP contribution is 2.36. The van der Waals surface area contributed by atoms with E-state index in [1.54, 1.807) is 54.6 Å². The lowest BCUT2D eigenvalue weighted by Crippen LogP contribution is -2.33. The van der Waals surface area contributed by atoms with Gasteiger partial charge in [0.15, 0.2) is 0 Å². The van der Waals surface area contributed by atoms with E-state index in [0.29, 0.717) is 17.0 Å². The van der Waals surface area contributed by atoms with Crippen molar-refractivity contribution in [3.8, 4) is 5.75 Å². The Balaban J connectivity index is 1.85. The van der Waals surface area contributed by atoms with Crippen LogP contribution in [0.3, 0.4) is 0 Å². The number of carbonyl (C=O) groups excluding carboxylic acids is 2. The fourth-order valence-corrected chi connectivity index (χ4v) is 3.25. The summed E-state index contributed by atoms with van der Waals surface area (Å²) in [5.74, 6) is -1.37. The molecule has 0 saturated carbocycles. The Morgan fingerprint density at radius 1 is 0.828 bits per heavy atom. The predicted molar refractivity (Wildman–Crippen MR) is 109 cm³/mol. The van der Waals surface area contributed by atoms with Gasteiger partial charge < -0.3 is 10.1 Å². The number of hydrogen-bond acceptors (Lipinski definition) is 4. The molecule has 3 aromatic rings. The molecule has 4 rings (SSSR count). The van der Waals surface area contributed by atoms with Crippen LogP contribution in [0.5, 0.6) is 5.75 Å². The normalized spacial score (nSPS) is 13.8. The standard InChI is InChI=1S/C23H17FN2O3/c1-29-19-14-8-6-12-17(19)25-21-20(15-9-3-2-4-10-15)22(27)26(23(21)28)18-13-7-5-11-16(18)24/h2-14,25H,1H3. The summed E-state index contributed by atoms with van der Waals surface area (Å²) in [6.07, 6.45) is 0. The monoisotopic (exact) mass is 388 g/mol. The Morgan fingerprint density at radius 3 is 2.21 bits per heavy atom. The Hall–Kier alpha value is -3.93. The number of halogens is 1. The van der Waals surface area contributed by atoms with Crippen molar-refractivity contribution in [1.82, 2.24) is 0 Å². The van der Waals surface area contributed by atoms with Gasteiger partial charge in [-0.2, -0.15) is 0 Å². The summed E-state index contributed by atoms with van der Waals surface area (Å²) >= 11 is 0. The third-order valence-electron chi connectivity index (χ3n) is 4.61. The van der Waals surface area contributed by atoms with Crippen LogP contribution < -0.4 is 15.0 Å². The van der Waals surface area contributed by atoms with Gasteiger partial charge in [-0.25, -0.2) is 9.29 Å². The van der Waals surface area contributed by atoms with Crippen LogP contribution in [0.15, 0.2) is 84.6 Å². The molecule has 5 nitrogen and oxygen atoms in total. The Kier molecular flexibility index (Phi) is 4.83. The summed E-state index contributed by atoms with van der Waals surface area (Å²) in [6, 6.07) is 21.6. The van der Waals surface area contributed by atoms with E-state index in [4.69, 9.17) is 4.74 Å². The lowest BCUT2D eigenvalue weighted by Gasteiger charge is -2.16. The molecule has 6 heteroatoms. The third-order valence-corrected chi connectivity index (χ3v) is 4.61. The molecule has 29 heavy (non-hydrogen) atoms. The first kappa shape index (κ1) is 18.4. The van der Waals surface area contributed by atoms with Crippen molar-refractivity contribution in [3.63, 3.8) is 0 Å². The molecule has 0 spiro atoms. The summed E-state index contributed by atoms with van der Waals surface area (Å²) in [5, 5.41) is 3.03. The maximum absolute atomic E-state index is 14.4. The number of amides is 2. The second-order valence-corrected chi connectivity index (χ2v) is 6.34. The minimum absolute atomic E-state index is 0.0638. The molecule has 144 valence electrons. The predicted octanol–water partition coefficient (Wildman–Crippen LogP) is 4.23. The zero-order valence-electron chi connectivity index (χ0n) is 15.6. The molecule has 0 radical (unpaired) electrons. The van der Waals surface area contributed by atoms with E-state index in [1.165, 1.54) is 25.3 Å². The van der Waals surface area contributed by atoms with Crippen molar-refractivity contribution in [2.75, 3.05) is 17.3 Å². The van der Waals surface area contributed by atoms with Gasteiger partial charge in [-0.3, -0.25) is 9.59 Å². The zero-order chi connectivity index (χ0) is 20.4. The Labute approximate surface area is 167 Å². The van der Waals surface area contributed by atoms with E-state index < -0.39 is 17.6 Å². The van der Waals surface area contributed by atoms with Crippen LogP contribution in [-0.2, 0) is 9.59 Å². The van der Waals surface area contributed by atoms with Gasteiger partial charge in [0.25, 0.3) is 11.8 Å². The van der Waals surface area contributed by atoms with Crippen LogP contribution in [-0.4, -0.2) is 18.9 Å². The molecule has 1 heterocycles. The van der Waals surface area contributed by atoms with Crippen molar-refractivity contribution in [2.45, 2.75) is 0 Å². The Bertz CT molecular complexity index is 1130. The minimum Gasteiger partial charge on any atom is -0.495 e. The fourth-order valence-electron chi connectivity index (χ4n) is 3.25. The third kappa shape index (κ3) is 3.25. The number of nitrogens with one attached hydrogen (secondary N) is 1. The van der Waals surface area contributed by atoms with E-state index in [0.717, 1.165) is 4.90 Å². The number of nitrogens with zero attached hydrogens (tertiary/aromatic N) is 1. The summed E-state index contributed by atoms with van der Waals surface area (Å²) in [5.41, 5.74) is 1.23. The van der Waals surface area contributed by atoms with Gasteiger partial charge in [-0.05, 0) is 29.8 Å². The topological polar surface area (TPSA) is 58.6 Å². The second kappa shape index (κ2) is 7.59. The molecule has 3 aromatic carbocycles. The van der Waals surface area contributed by atoms with E-state index in [2.05, 4.69) is 5.32 Å². The number of rotatable bonds is 5. The quantitative estimate of drug-likeness (QED) is 0.665. The molecule has 0 unspecified atom stereocenters. The summed E-state index contributed by atoms with van der Waals surface area (Å²) in [4.78, 5) is 27.3. The number of anilines is 2. The van der Waals surface area contributed by atoms with Crippen molar-refractivity contribution >= 4 is 28.8 Å². The molecule has 0 saturated heterocycles. The number of imide groups is 1. The first-order valence-electron chi connectivity index (χ1n) is 8.95. The van der Waals surface area contributed by atoms with Gasteiger partial charge in [-0.1, -0.05) is 54.6 Å². The smallest absolute Gasteiger partial charge is 0.282 e. The number of carbonyl (C=O) groups is 2. The lowest BCUT2D eigenvalue weighted by atomic mass is 10.0. The van der Waals surface area contributed by atoms with E-state index in [-0.39, 0.29) is 17.0 Å². The van der Waals surface area contributed by atoms with Crippen LogP contribution >= 0.6 is 0 Å². The van der Waals surface area contributed by atoms with Gasteiger partial charge in [0, 0.05) is 0 Å². The number of ether oxygens (including phenoxy) is 1. The number of hydrogen-bond donors (Lipinski definition) is 1. The molecule has 0 aliphatic carbocycles. The molecule has 0 atom stereocenters. The number of methoxy groups -OCH3 is 1. The average Bonchev–Trinajstić information content (AvgIpc) is 2.99. The Morgan fingerprint density at radius 2 is 1.48 bits per heavy atom. The number of benzene rings is 3. The van der Waals surface area contributed by atoms with E-state index in [9.17, 15) is 14.0 Å². The minimum atomic E-state index is -0.653. The van der Waals surface area contributed by atoms with Gasteiger partial charge >= 0.3 is 0 Å². The van der Waals surface area contributed by atoms with E-state index in [1.807, 2.05) is 6.07 Å². The van der Waals surface area contributed by atoms with Gasteiger partial charge in [0.2, 0.25) is 0 Å². The molecule has 1 N–H and O–H groups in total. The van der Waals surface area contributed by atoms with Gasteiger partial charge in [0.1, 0.15) is 17.3 Å². The molecule has 1 aliphatic rings. The van der Waals surface area contributed by atoms with Gasteiger partial charge in [-0.15, -0.1) is 0 Å². The van der Waals surface area contributed by atoms with E-state index >= 15 is 0 Å². The van der Waals surface area contributed by atoms with Crippen molar-refractivity contribution in [2.24, 2.45) is 0 Å². The van der Waals surface area contributed by atoms with Crippen LogP contribution in [0.25, 0.3) is 5.57 Å². The molecule has 0 aromatic heterocycles. The highest BCUT2D eigenvalue weighted by Gasteiger charge is 2.41. The molecule has 2 amide bonds. The molecular weight excluding hydrogens is 371 g/mol. The average molecular weight is 388 g/mol. The van der Waals surface area contributed by atoms with Crippen LogP contribution in [0.4, 0.5) is 15.8 Å². The molecular formula is C23H17FN2O3. The fraction of sp³-hybridized carbons (Fsp3) is 0.0435. The second-order valence-electron chi connectivity index (χ2n) is 6.34. The highest BCUT2D eigenvalue weighted by atomic mass is 19.1. The van der Waals surface area contributed by atoms with Crippen LogP contribution in [0.1, 0.15) is 5.56 Å². The maximum Gasteiger partial charge on any atom is 0.282 e. The molecule has 1 aliphatic heterocycles. The van der Waals surface area contributed by atoms with Crippen LogP contribution in [0, 0.1) is 5.82 Å². The molecule has 0 bridgehead atoms. The summed E-state index contributed by atoms with van der Waals surface area (Å²) < 4.78 is 19.7. The van der Waals surface area contributed by atoms with Gasteiger partial charge in [0.05, 0.1) is 24.1 Å². The SMILES string of the molecule is COc1ccccc1NC1=C(c2ccccc2)C(=O)N(c2ccccc2F)C1=O. The van der Waals surface area contributed by atoms with Crippen molar-refractivity contribution in [3.05, 3.63) is 95.9 Å². The van der Waals surface area contributed by atoms with Crippen LogP contribution in [0.2, 0.25) is 0 Å². The zero-order valence-corrected chi connectivity index (χ0v) is 15.6. The number of para-hydroxylation sites is 3. The lowest BCUT2D eigenvalue weighted by molar-refractivity contribution is -0.120. The first-order chi connectivity index (χ1) is 14.1. The first-order valence-corrected chi connectivity index (χ1v) is 8.95. The maximum atomic E-state index is 14.4. The molecule has 0 fully saturated rings. The largest absolute Gasteiger partial charge is 0.495 e. The van der Waals surface area contributed by atoms with Crippen molar-refractivity contribution < 1.29 is 18.7 Å².